The van der Waals surface area contributed by atoms with Crippen LogP contribution in [0.5, 0.6) is 0 Å². The van der Waals surface area contributed by atoms with Crippen molar-refractivity contribution in [1.29, 1.82) is 0 Å². The molecule has 1 saturated heterocycles. The molecule has 5 nitrogen and oxygen atoms in total. The summed E-state index contributed by atoms with van der Waals surface area (Å²) in [5.74, 6) is -0.859. The van der Waals surface area contributed by atoms with Crippen LogP contribution in [-0.4, -0.2) is 41.3 Å². The van der Waals surface area contributed by atoms with E-state index >= 15 is 0 Å². The number of ether oxygens (including phenoxy) is 1. The van der Waals surface area contributed by atoms with Crippen LogP contribution in [0.15, 0.2) is 0 Å². The first-order chi connectivity index (χ1) is 6.85. The van der Waals surface area contributed by atoms with Crippen LogP contribution < -0.4 is 0 Å². The molecule has 1 aliphatic rings. The first kappa shape index (κ1) is 11.8. The number of hydrogen-bond acceptors (Lipinski definition) is 3. The van der Waals surface area contributed by atoms with E-state index in [0.29, 0.717) is 13.0 Å². The van der Waals surface area contributed by atoms with Gasteiger partial charge < -0.3 is 14.7 Å². The Bertz CT molecular complexity index is 277. The fourth-order valence-corrected chi connectivity index (χ4v) is 1.57. The van der Waals surface area contributed by atoms with Crippen LogP contribution in [-0.2, 0) is 9.53 Å². The maximum atomic E-state index is 11.5. The number of carbonyl (C=O) groups is 2. The van der Waals surface area contributed by atoms with Crippen molar-refractivity contribution in [2.24, 2.45) is 5.41 Å². The van der Waals surface area contributed by atoms with Crippen LogP contribution in [0.25, 0.3) is 0 Å². The number of nitrogens with zero attached hydrogens (tertiary/aromatic N) is 1. The van der Waals surface area contributed by atoms with Gasteiger partial charge in [-0.1, -0.05) is 0 Å². The van der Waals surface area contributed by atoms with E-state index in [-0.39, 0.29) is 12.6 Å². The van der Waals surface area contributed by atoms with Gasteiger partial charge in [0.2, 0.25) is 0 Å². The van der Waals surface area contributed by atoms with Gasteiger partial charge in [0.1, 0.15) is 0 Å². The van der Waals surface area contributed by atoms with Crippen molar-refractivity contribution < 1.29 is 19.4 Å². The van der Waals surface area contributed by atoms with E-state index in [0.717, 1.165) is 0 Å². The highest BCUT2D eigenvalue weighted by Crippen LogP contribution is 2.30. The predicted molar refractivity (Wildman–Crippen MR) is 53.5 cm³/mol. The van der Waals surface area contributed by atoms with Gasteiger partial charge in [-0.3, -0.25) is 4.79 Å². The average molecular weight is 215 g/mol. The zero-order valence-electron chi connectivity index (χ0n) is 9.32. The molecule has 1 aliphatic heterocycles. The van der Waals surface area contributed by atoms with Gasteiger partial charge in [-0.05, 0) is 27.2 Å². The van der Waals surface area contributed by atoms with Gasteiger partial charge in [0, 0.05) is 13.1 Å². The lowest BCUT2D eigenvalue weighted by atomic mass is 9.90. The molecule has 1 atom stereocenters. The maximum absolute atomic E-state index is 11.5. The first-order valence-electron chi connectivity index (χ1n) is 5.04. The molecule has 0 bridgehead atoms. The zero-order chi connectivity index (χ0) is 11.6. The molecule has 5 heteroatoms. The number of carboxylic acid groups (broad SMARTS) is 1. The summed E-state index contributed by atoms with van der Waals surface area (Å²) in [7, 11) is 0. The molecule has 0 aliphatic carbocycles. The third kappa shape index (κ3) is 2.61. The summed E-state index contributed by atoms with van der Waals surface area (Å²) in [6.07, 6.45) is -0.112. The van der Waals surface area contributed by atoms with Gasteiger partial charge in [-0.15, -0.1) is 0 Å². The van der Waals surface area contributed by atoms with Gasteiger partial charge in [0.25, 0.3) is 0 Å². The monoisotopic (exact) mass is 215 g/mol. The van der Waals surface area contributed by atoms with E-state index in [2.05, 4.69) is 0 Å². The Hall–Kier alpha value is -1.26. The lowest BCUT2D eigenvalue weighted by Crippen LogP contribution is -2.36. The van der Waals surface area contributed by atoms with Crippen molar-refractivity contribution in [3.8, 4) is 0 Å². The van der Waals surface area contributed by atoms with E-state index in [4.69, 9.17) is 9.84 Å². The van der Waals surface area contributed by atoms with Gasteiger partial charge in [0.05, 0.1) is 11.5 Å². The van der Waals surface area contributed by atoms with E-state index in [1.165, 1.54) is 4.90 Å². The number of hydrogen-bond donors (Lipinski definition) is 1. The molecule has 0 spiro atoms. The van der Waals surface area contributed by atoms with E-state index in [1.54, 1.807) is 20.8 Å². The summed E-state index contributed by atoms with van der Waals surface area (Å²) in [6, 6.07) is 0. The van der Waals surface area contributed by atoms with Gasteiger partial charge in [0.15, 0.2) is 0 Å². The van der Waals surface area contributed by atoms with Crippen LogP contribution >= 0.6 is 0 Å². The standard InChI is InChI=1S/C10H17NO4/c1-7(2)15-9(14)11-5-4-10(3,6-11)8(12)13/h7H,4-6H2,1-3H3,(H,12,13). The molecule has 1 fully saturated rings. The van der Waals surface area contributed by atoms with Crippen LogP contribution in [0.3, 0.4) is 0 Å². The van der Waals surface area contributed by atoms with E-state index in [9.17, 15) is 9.59 Å². The minimum atomic E-state index is -0.859. The normalized spacial score (nSPS) is 25.7. The lowest BCUT2D eigenvalue weighted by Gasteiger charge is -2.20. The maximum Gasteiger partial charge on any atom is 0.410 e. The minimum Gasteiger partial charge on any atom is -0.481 e. The second-order valence-corrected chi connectivity index (χ2v) is 4.47. The Balaban J connectivity index is 2.56. The smallest absolute Gasteiger partial charge is 0.410 e. The number of rotatable bonds is 2. The largest absolute Gasteiger partial charge is 0.481 e. The fraction of sp³-hybridized carbons (Fsp3) is 0.800. The molecule has 0 radical (unpaired) electrons. The Morgan fingerprint density at radius 1 is 1.47 bits per heavy atom. The topological polar surface area (TPSA) is 66.8 Å². The Morgan fingerprint density at radius 3 is 2.47 bits per heavy atom. The summed E-state index contributed by atoms with van der Waals surface area (Å²) in [4.78, 5) is 23.9. The Labute approximate surface area is 89.0 Å². The van der Waals surface area contributed by atoms with Crippen LogP contribution in [0.2, 0.25) is 0 Å². The first-order valence-corrected chi connectivity index (χ1v) is 5.04. The van der Waals surface area contributed by atoms with Gasteiger partial charge in [-0.2, -0.15) is 0 Å². The highest BCUT2D eigenvalue weighted by atomic mass is 16.6. The highest BCUT2D eigenvalue weighted by Gasteiger charge is 2.42. The second kappa shape index (κ2) is 4.08. The number of carboxylic acids is 1. The molecule has 1 N–H and O–H groups in total. The molecule has 15 heavy (non-hydrogen) atoms. The summed E-state index contributed by atoms with van der Waals surface area (Å²) >= 11 is 0. The fourth-order valence-electron chi connectivity index (χ4n) is 1.57. The molecule has 1 amide bonds. The van der Waals surface area contributed by atoms with Crippen LogP contribution in [0, 0.1) is 5.41 Å². The SMILES string of the molecule is CC(C)OC(=O)N1CCC(C)(C(=O)O)C1. The van der Waals surface area contributed by atoms with Crippen LogP contribution in [0.4, 0.5) is 4.79 Å². The van der Waals surface area contributed by atoms with Crippen molar-refractivity contribution in [1.82, 2.24) is 4.90 Å². The molecule has 0 aromatic heterocycles. The van der Waals surface area contributed by atoms with Crippen LogP contribution in [0.1, 0.15) is 27.2 Å². The summed E-state index contributed by atoms with van der Waals surface area (Å²) in [6.45, 7) is 5.87. The van der Waals surface area contributed by atoms with E-state index in [1.807, 2.05) is 0 Å². The quantitative estimate of drug-likeness (QED) is 0.754. The summed E-state index contributed by atoms with van der Waals surface area (Å²) in [5.41, 5.74) is -0.823. The molecule has 1 rings (SSSR count). The molecular formula is C10H17NO4. The number of amides is 1. The summed E-state index contributed by atoms with van der Waals surface area (Å²) < 4.78 is 5.00. The predicted octanol–water partition coefficient (Wildman–Crippen LogP) is 1.33. The molecular weight excluding hydrogens is 198 g/mol. The third-order valence-corrected chi connectivity index (χ3v) is 2.58. The number of aliphatic carboxylic acids is 1. The Morgan fingerprint density at radius 2 is 2.07 bits per heavy atom. The average Bonchev–Trinajstić information content (AvgIpc) is 2.48. The lowest BCUT2D eigenvalue weighted by molar-refractivity contribution is -0.147. The third-order valence-electron chi connectivity index (χ3n) is 2.58. The van der Waals surface area contributed by atoms with Crippen molar-refractivity contribution in [3.63, 3.8) is 0 Å². The number of carbonyl (C=O) groups excluding carboxylic acids is 1. The van der Waals surface area contributed by atoms with Gasteiger partial charge >= 0.3 is 12.1 Å². The van der Waals surface area contributed by atoms with E-state index < -0.39 is 17.5 Å². The number of likely N-dealkylation sites (tertiary alicyclic amines) is 1. The molecule has 0 aromatic carbocycles. The Kier molecular flexibility index (Phi) is 3.21. The van der Waals surface area contributed by atoms with Gasteiger partial charge in [-0.25, -0.2) is 4.79 Å². The molecule has 1 heterocycles. The van der Waals surface area contributed by atoms with Crippen molar-refractivity contribution >= 4 is 12.1 Å². The summed E-state index contributed by atoms with van der Waals surface area (Å²) in [5, 5.41) is 8.98. The van der Waals surface area contributed by atoms with Crippen molar-refractivity contribution in [2.45, 2.75) is 33.3 Å². The van der Waals surface area contributed by atoms with Crippen molar-refractivity contribution in [3.05, 3.63) is 0 Å². The molecule has 0 saturated carbocycles. The van der Waals surface area contributed by atoms with Crippen molar-refractivity contribution in [2.75, 3.05) is 13.1 Å². The highest BCUT2D eigenvalue weighted by molar-refractivity contribution is 5.77. The second-order valence-electron chi connectivity index (χ2n) is 4.47. The minimum absolute atomic E-state index is 0.172. The zero-order valence-corrected chi connectivity index (χ0v) is 9.32. The molecule has 86 valence electrons. The molecule has 1 unspecified atom stereocenters. The molecule has 0 aromatic rings.